The fourth-order valence-corrected chi connectivity index (χ4v) is 2.78. The van der Waals surface area contributed by atoms with Crippen molar-refractivity contribution in [3.05, 3.63) is 17.6 Å². The van der Waals surface area contributed by atoms with Crippen LogP contribution in [-0.2, 0) is 0 Å². The number of piperidine rings is 1. The molecule has 2 aliphatic rings. The number of hydrogen-bond acceptors (Lipinski definition) is 4. The van der Waals surface area contributed by atoms with Crippen molar-refractivity contribution >= 4 is 5.82 Å². The summed E-state index contributed by atoms with van der Waals surface area (Å²) in [5, 5.41) is 3.72. The van der Waals surface area contributed by atoms with Gasteiger partial charge in [0.25, 0.3) is 0 Å². The summed E-state index contributed by atoms with van der Waals surface area (Å²) in [5.74, 6) is 2.06. The van der Waals surface area contributed by atoms with E-state index in [0.717, 1.165) is 36.2 Å². The number of nitrogens with zero attached hydrogens (tertiary/aromatic N) is 3. The average molecular weight is 260 g/mol. The highest BCUT2D eigenvalue weighted by molar-refractivity contribution is 5.43. The minimum Gasteiger partial charge on any atom is -0.355 e. The van der Waals surface area contributed by atoms with Gasteiger partial charge in [0.1, 0.15) is 5.82 Å². The van der Waals surface area contributed by atoms with Crippen LogP contribution in [0.1, 0.15) is 37.1 Å². The van der Waals surface area contributed by atoms with Crippen molar-refractivity contribution in [1.29, 1.82) is 0 Å². The molecule has 3 rings (SSSR count). The van der Waals surface area contributed by atoms with Crippen molar-refractivity contribution in [2.24, 2.45) is 5.92 Å². The van der Waals surface area contributed by atoms with Gasteiger partial charge in [-0.15, -0.1) is 0 Å². The second kappa shape index (κ2) is 5.45. The van der Waals surface area contributed by atoms with Crippen molar-refractivity contribution in [3.63, 3.8) is 0 Å². The van der Waals surface area contributed by atoms with Gasteiger partial charge in [-0.3, -0.25) is 4.98 Å². The molecule has 0 spiro atoms. The Bertz CT molecular complexity index is 434. The minimum atomic E-state index is 0.704. The molecule has 1 N–H and O–H groups in total. The van der Waals surface area contributed by atoms with Gasteiger partial charge in [-0.05, 0) is 52.0 Å². The van der Waals surface area contributed by atoms with Crippen LogP contribution >= 0.6 is 0 Å². The van der Waals surface area contributed by atoms with Gasteiger partial charge >= 0.3 is 0 Å². The summed E-state index contributed by atoms with van der Waals surface area (Å²) in [6.07, 6.45) is 7.17. The second-order valence-corrected chi connectivity index (χ2v) is 6.03. The highest BCUT2D eigenvalue weighted by atomic mass is 15.2. The highest BCUT2D eigenvalue weighted by Gasteiger charge is 2.25. The maximum absolute atomic E-state index is 4.65. The predicted octanol–water partition coefficient (Wildman–Crippen LogP) is 2.06. The van der Waals surface area contributed by atoms with E-state index in [2.05, 4.69) is 27.1 Å². The summed E-state index contributed by atoms with van der Waals surface area (Å²) >= 11 is 0. The SMILES string of the molecule is Cc1cnc(C)c(N2CCC(NCC3CC3)CC2)n1. The quantitative estimate of drug-likeness (QED) is 0.899. The van der Waals surface area contributed by atoms with Gasteiger partial charge < -0.3 is 10.2 Å². The van der Waals surface area contributed by atoms with Crippen molar-refractivity contribution < 1.29 is 0 Å². The highest BCUT2D eigenvalue weighted by Crippen LogP contribution is 2.28. The van der Waals surface area contributed by atoms with Gasteiger partial charge in [-0.1, -0.05) is 0 Å². The Morgan fingerprint density at radius 2 is 1.95 bits per heavy atom. The zero-order chi connectivity index (χ0) is 13.2. The topological polar surface area (TPSA) is 41.1 Å². The molecule has 0 amide bonds. The van der Waals surface area contributed by atoms with Crippen molar-refractivity contribution in [3.8, 4) is 0 Å². The average Bonchev–Trinajstić information content (AvgIpc) is 3.24. The Hall–Kier alpha value is -1.16. The van der Waals surface area contributed by atoms with E-state index in [4.69, 9.17) is 0 Å². The third-order valence-corrected chi connectivity index (χ3v) is 4.24. The summed E-state index contributed by atoms with van der Waals surface area (Å²) in [7, 11) is 0. The lowest BCUT2D eigenvalue weighted by molar-refractivity contribution is 0.407. The van der Waals surface area contributed by atoms with Gasteiger partial charge in [0, 0.05) is 25.3 Å². The third-order valence-electron chi connectivity index (χ3n) is 4.24. The number of rotatable bonds is 4. The monoisotopic (exact) mass is 260 g/mol. The van der Waals surface area contributed by atoms with Crippen molar-refractivity contribution in [2.45, 2.75) is 45.6 Å². The molecule has 0 bridgehead atoms. The summed E-state index contributed by atoms with van der Waals surface area (Å²) in [6, 6.07) is 0.704. The number of nitrogens with one attached hydrogen (secondary N) is 1. The molecule has 0 radical (unpaired) electrons. The third kappa shape index (κ3) is 3.24. The molecular weight excluding hydrogens is 236 g/mol. The van der Waals surface area contributed by atoms with Crippen molar-refractivity contribution in [1.82, 2.24) is 15.3 Å². The number of aryl methyl sites for hydroxylation is 2. The summed E-state index contributed by atoms with van der Waals surface area (Å²) < 4.78 is 0. The second-order valence-electron chi connectivity index (χ2n) is 6.03. The number of aromatic nitrogens is 2. The molecule has 1 saturated heterocycles. The maximum atomic E-state index is 4.65. The lowest BCUT2D eigenvalue weighted by Gasteiger charge is -2.34. The zero-order valence-corrected chi connectivity index (χ0v) is 12.0. The summed E-state index contributed by atoms with van der Waals surface area (Å²) in [6.45, 7) is 7.50. The molecule has 104 valence electrons. The molecule has 1 aliphatic heterocycles. The van der Waals surface area contributed by atoms with Gasteiger partial charge in [-0.2, -0.15) is 0 Å². The first-order valence-electron chi connectivity index (χ1n) is 7.51. The zero-order valence-electron chi connectivity index (χ0n) is 12.0. The van der Waals surface area contributed by atoms with E-state index in [1.807, 2.05) is 13.1 Å². The number of hydrogen-bond donors (Lipinski definition) is 1. The van der Waals surface area contributed by atoms with E-state index in [1.54, 1.807) is 0 Å². The molecule has 1 aromatic heterocycles. The van der Waals surface area contributed by atoms with E-state index in [1.165, 1.54) is 32.2 Å². The van der Waals surface area contributed by atoms with Crippen LogP contribution in [0.3, 0.4) is 0 Å². The van der Waals surface area contributed by atoms with Gasteiger partial charge in [-0.25, -0.2) is 4.98 Å². The molecule has 4 heteroatoms. The van der Waals surface area contributed by atoms with Crippen LogP contribution in [0.15, 0.2) is 6.20 Å². The Morgan fingerprint density at radius 1 is 1.21 bits per heavy atom. The molecule has 2 fully saturated rings. The first-order valence-corrected chi connectivity index (χ1v) is 7.51. The fraction of sp³-hybridized carbons (Fsp3) is 0.733. The molecular formula is C15H24N4. The van der Waals surface area contributed by atoms with Crippen LogP contribution in [0.4, 0.5) is 5.82 Å². The Kier molecular flexibility index (Phi) is 3.69. The molecule has 1 saturated carbocycles. The van der Waals surface area contributed by atoms with E-state index in [0.29, 0.717) is 6.04 Å². The van der Waals surface area contributed by atoms with Gasteiger partial charge in [0.15, 0.2) is 0 Å². The normalized spacial score (nSPS) is 20.8. The van der Waals surface area contributed by atoms with E-state index < -0.39 is 0 Å². The maximum Gasteiger partial charge on any atom is 0.150 e. The van der Waals surface area contributed by atoms with Crippen LogP contribution in [0.5, 0.6) is 0 Å². The standard InChI is InChI=1S/C15H24N4/c1-11-9-16-12(2)15(18-11)19-7-5-14(6-8-19)17-10-13-3-4-13/h9,13-14,17H,3-8,10H2,1-2H3. The lowest BCUT2D eigenvalue weighted by Crippen LogP contribution is -2.43. The molecule has 19 heavy (non-hydrogen) atoms. The first-order chi connectivity index (χ1) is 9.22. The van der Waals surface area contributed by atoms with E-state index in [9.17, 15) is 0 Å². The minimum absolute atomic E-state index is 0.704. The van der Waals surface area contributed by atoms with Crippen molar-refractivity contribution in [2.75, 3.05) is 24.5 Å². The van der Waals surface area contributed by atoms with Gasteiger partial charge in [0.05, 0.1) is 11.4 Å². The predicted molar refractivity (Wildman–Crippen MR) is 77.5 cm³/mol. The lowest BCUT2D eigenvalue weighted by atomic mass is 10.0. The first kappa shape index (κ1) is 12.9. The van der Waals surface area contributed by atoms with Crippen LogP contribution in [0, 0.1) is 19.8 Å². The van der Waals surface area contributed by atoms with Gasteiger partial charge in [0.2, 0.25) is 0 Å². The fourth-order valence-electron chi connectivity index (χ4n) is 2.78. The van der Waals surface area contributed by atoms with E-state index in [-0.39, 0.29) is 0 Å². The smallest absolute Gasteiger partial charge is 0.150 e. The molecule has 1 aromatic rings. The largest absolute Gasteiger partial charge is 0.355 e. The Morgan fingerprint density at radius 3 is 2.63 bits per heavy atom. The summed E-state index contributed by atoms with van der Waals surface area (Å²) in [4.78, 5) is 11.5. The number of anilines is 1. The molecule has 0 atom stereocenters. The molecule has 0 aromatic carbocycles. The Balaban J connectivity index is 1.55. The Labute approximate surface area is 115 Å². The van der Waals surface area contributed by atoms with E-state index >= 15 is 0 Å². The molecule has 2 heterocycles. The molecule has 1 aliphatic carbocycles. The van der Waals surface area contributed by atoms with Crippen LogP contribution < -0.4 is 10.2 Å². The summed E-state index contributed by atoms with van der Waals surface area (Å²) in [5.41, 5.74) is 2.06. The van der Waals surface area contributed by atoms with Crippen LogP contribution in [-0.4, -0.2) is 35.6 Å². The molecule has 0 unspecified atom stereocenters. The van der Waals surface area contributed by atoms with Crippen LogP contribution in [0.25, 0.3) is 0 Å². The molecule has 4 nitrogen and oxygen atoms in total. The van der Waals surface area contributed by atoms with Crippen LogP contribution in [0.2, 0.25) is 0 Å².